The molecule has 2 aromatic heterocycles. The number of anilines is 1. The summed E-state index contributed by atoms with van der Waals surface area (Å²) in [5.41, 5.74) is 3.57. The van der Waals surface area contributed by atoms with Gasteiger partial charge in [0.05, 0.1) is 5.69 Å². The Kier molecular flexibility index (Phi) is 3.92. The van der Waals surface area contributed by atoms with Crippen LogP contribution in [0.15, 0.2) is 42.9 Å². The fourth-order valence-electron chi connectivity index (χ4n) is 2.19. The highest BCUT2D eigenvalue weighted by Crippen LogP contribution is 2.20. The molecule has 2 aromatic rings. The summed E-state index contributed by atoms with van der Waals surface area (Å²) < 4.78 is 0. The molecular weight excluding hydrogens is 248 g/mol. The molecule has 0 atom stereocenters. The van der Waals surface area contributed by atoms with Crippen LogP contribution in [0.25, 0.3) is 0 Å². The van der Waals surface area contributed by atoms with E-state index in [-0.39, 0.29) is 0 Å². The minimum absolute atomic E-state index is 0.718. The van der Waals surface area contributed by atoms with Crippen LogP contribution in [0.1, 0.15) is 24.1 Å². The first-order valence-corrected chi connectivity index (χ1v) is 7.09. The molecule has 0 aliphatic heterocycles. The van der Waals surface area contributed by atoms with Gasteiger partial charge in [0.2, 0.25) is 0 Å². The Morgan fingerprint density at radius 3 is 2.75 bits per heavy atom. The van der Waals surface area contributed by atoms with Gasteiger partial charge in [0, 0.05) is 50.5 Å². The zero-order valence-corrected chi connectivity index (χ0v) is 11.8. The quantitative estimate of drug-likeness (QED) is 0.873. The molecule has 0 spiro atoms. The van der Waals surface area contributed by atoms with Crippen molar-refractivity contribution in [1.82, 2.24) is 15.3 Å². The van der Waals surface area contributed by atoms with Crippen molar-refractivity contribution in [2.24, 2.45) is 0 Å². The first-order valence-electron chi connectivity index (χ1n) is 7.09. The third-order valence-corrected chi connectivity index (χ3v) is 3.56. The van der Waals surface area contributed by atoms with Gasteiger partial charge in [-0.1, -0.05) is 0 Å². The molecule has 1 saturated carbocycles. The Bertz CT molecular complexity index is 551. The number of aromatic nitrogens is 2. The molecule has 104 valence electrons. The monoisotopic (exact) mass is 268 g/mol. The third kappa shape index (κ3) is 3.54. The Morgan fingerprint density at radius 1 is 1.20 bits per heavy atom. The van der Waals surface area contributed by atoms with Gasteiger partial charge in [-0.25, -0.2) is 0 Å². The molecule has 1 aliphatic carbocycles. The molecule has 1 N–H and O–H groups in total. The fourth-order valence-corrected chi connectivity index (χ4v) is 2.19. The molecule has 0 bridgehead atoms. The Balaban J connectivity index is 1.64. The van der Waals surface area contributed by atoms with Gasteiger partial charge in [0.25, 0.3) is 0 Å². The second-order valence-electron chi connectivity index (χ2n) is 5.37. The van der Waals surface area contributed by atoms with Gasteiger partial charge in [-0.2, -0.15) is 0 Å². The van der Waals surface area contributed by atoms with Crippen LogP contribution in [-0.2, 0) is 13.1 Å². The standard InChI is InChI=1S/C16H20N4/c1-20(12-13-4-7-17-8-5-13)16-6-9-18-15(10-16)11-19-14-2-3-14/h4-10,14,19H,2-3,11-12H2,1H3. The smallest absolute Gasteiger partial charge is 0.0562 e. The molecule has 20 heavy (non-hydrogen) atoms. The number of hydrogen-bond donors (Lipinski definition) is 1. The van der Waals surface area contributed by atoms with Gasteiger partial charge in [-0.3, -0.25) is 9.97 Å². The summed E-state index contributed by atoms with van der Waals surface area (Å²) in [5.74, 6) is 0. The lowest BCUT2D eigenvalue weighted by Crippen LogP contribution is -2.19. The zero-order valence-electron chi connectivity index (χ0n) is 11.8. The summed E-state index contributed by atoms with van der Waals surface area (Å²) in [5, 5.41) is 3.50. The minimum Gasteiger partial charge on any atom is -0.370 e. The molecular formula is C16H20N4. The van der Waals surface area contributed by atoms with E-state index in [1.165, 1.54) is 24.1 Å². The first kappa shape index (κ1) is 13.1. The van der Waals surface area contributed by atoms with Crippen LogP contribution in [0.3, 0.4) is 0 Å². The van der Waals surface area contributed by atoms with Gasteiger partial charge in [-0.15, -0.1) is 0 Å². The molecule has 4 heteroatoms. The molecule has 0 aromatic carbocycles. The minimum atomic E-state index is 0.718. The van der Waals surface area contributed by atoms with E-state index in [4.69, 9.17) is 0 Å². The maximum absolute atomic E-state index is 4.43. The first-order chi connectivity index (χ1) is 9.81. The van der Waals surface area contributed by atoms with E-state index in [2.05, 4.69) is 39.4 Å². The predicted octanol–water partition coefficient (Wildman–Crippen LogP) is 2.37. The highest BCUT2D eigenvalue weighted by molar-refractivity contribution is 5.46. The van der Waals surface area contributed by atoms with Crippen molar-refractivity contribution in [1.29, 1.82) is 0 Å². The van der Waals surface area contributed by atoms with Crippen molar-refractivity contribution in [2.75, 3.05) is 11.9 Å². The van der Waals surface area contributed by atoms with Crippen LogP contribution in [-0.4, -0.2) is 23.1 Å². The SMILES string of the molecule is CN(Cc1ccncc1)c1ccnc(CNC2CC2)c1. The average Bonchev–Trinajstić information content (AvgIpc) is 3.31. The van der Waals surface area contributed by atoms with Gasteiger partial charge >= 0.3 is 0 Å². The van der Waals surface area contributed by atoms with Crippen LogP contribution in [0.2, 0.25) is 0 Å². The van der Waals surface area contributed by atoms with E-state index in [1.807, 2.05) is 30.7 Å². The zero-order chi connectivity index (χ0) is 13.8. The number of pyridine rings is 2. The molecule has 4 nitrogen and oxygen atoms in total. The largest absolute Gasteiger partial charge is 0.370 e. The number of rotatable bonds is 6. The Labute approximate surface area is 119 Å². The number of hydrogen-bond acceptors (Lipinski definition) is 4. The maximum Gasteiger partial charge on any atom is 0.0562 e. The van der Waals surface area contributed by atoms with E-state index < -0.39 is 0 Å². The number of nitrogens with one attached hydrogen (secondary N) is 1. The van der Waals surface area contributed by atoms with Gasteiger partial charge in [-0.05, 0) is 42.7 Å². The van der Waals surface area contributed by atoms with Crippen molar-refractivity contribution in [3.8, 4) is 0 Å². The van der Waals surface area contributed by atoms with Crippen molar-refractivity contribution in [2.45, 2.75) is 32.0 Å². The molecule has 0 unspecified atom stereocenters. The van der Waals surface area contributed by atoms with E-state index in [1.54, 1.807) is 0 Å². The highest BCUT2D eigenvalue weighted by atomic mass is 15.1. The fraction of sp³-hybridized carbons (Fsp3) is 0.375. The van der Waals surface area contributed by atoms with Gasteiger partial charge in [0.1, 0.15) is 0 Å². The topological polar surface area (TPSA) is 41.1 Å². The van der Waals surface area contributed by atoms with Gasteiger partial charge in [0.15, 0.2) is 0 Å². The van der Waals surface area contributed by atoms with E-state index in [9.17, 15) is 0 Å². The predicted molar refractivity (Wildman–Crippen MR) is 80.4 cm³/mol. The third-order valence-electron chi connectivity index (χ3n) is 3.56. The average molecular weight is 268 g/mol. The molecule has 1 aliphatic rings. The van der Waals surface area contributed by atoms with E-state index >= 15 is 0 Å². The normalized spacial score (nSPS) is 14.2. The highest BCUT2D eigenvalue weighted by Gasteiger charge is 2.20. The van der Waals surface area contributed by atoms with Crippen LogP contribution in [0, 0.1) is 0 Å². The summed E-state index contributed by atoms with van der Waals surface area (Å²) >= 11 is 0. The van der Waals surface area contributed by atoms with Crippen molar-refractivity contribution < 1.29 is 0 Å². The van der Waals surface area contributed by atoms with Crippen LogP contribution < -0.4 is 10.2 Å². The molecule has 0 radical (unpaired) electrons. The number of nitrogens with zero attached hydrogens (tertiary/aromatic N) is 3. The molecule has 3 rings (SSSR count). The molecule has 0 saturated heterocycles. The second-order valence-corrected chi connectivity index (χ2v) is 5.37. The lowest BCUT2D eigenvalue weighted by atomic mass is 10.2. The summed E-state index contributed by atoms with van der Waals surface area (Å²) in [4.78, 5) is 10.7. The summed E-state index contributed by atoms with van der Waals surface area (Å²) in [7, 11) is 2.11. The van der Waals surface area contributed by atoms with Crippen molar-refractivity contribution in [3.63, 3.8) is 0 Å². The molecule has 2 heterocycles. The van der Waals surface area contributed by atoms with Crippen molar-refractivity contribution >= 4 is 5.69 Å². The molecule has 0 amide bonds. The van der Waals surface area contributed by atoms with Crippen molar-refractivity contribution in [3.05, 3.63) is 54.1 Å². The van der Waals surface area contributed by atoms with Crippen LogP contribution >= 0.6 is 0 Å². The second kappa shape index (κ2) is 6.01. The summed E-state index contributed by atoms with van der Waals surface area (Å²) in [6.07, 6.45) is 8.17. The lowest BCUT2D eigenvalue weighted by molar-refractivity contribution is 0.674. The van der Waals surface area contributed by atoms with Gasteiger partial charge < -0.3 is 10.2 Å². The Morgan fingerprint density at radius 2 is 2.00 bits per heavy atom. The van der Waals surface area contributed by atoms with Crippen LogP contribution in [0.5, 0.6) is 0 Å². The Hall–Kier alpha value is -1.94. The summed E-state index contributed by atoms with van der Waals surface area (Å²) in [6.45, 7) is 1.74. The molecule has 1 fully saturated rings. The van der Waals surface area contributed by atoms with E-state index in [0.29, 0.717) is 0 Å². The van der Waals surface area contributed by atoms with Crippen LogP contribution in [0.4, 0.5) is 5.69 Å². The summed E-state index contributed by atoms with van der Waals surface area (Å²) in [6, 6.07) is 9.04. The maximum atomic E-state index is 4.43. The van der Waals surface area contributed by atoms with E-state index in [0.717, 1.165) is 24.8 Å². The lowest BCUT2D eigenvalue weighted by Gasteiger charge is -2.20.